The third-order valence-corrected chi connectivity index (χ3v) is 5.21. The zero-order valence-electron chi connectivity index (χ0n) is 11.0. The monoisotopic (exact) mass is 284 g/mol. The van der Waals surface area contributed by atoms with Gasteiger partial charge in [-0.1, -0.05) is 24.3 Å². The summed E-state index contributed by atoms with van der Waals surface area (Å²) in [5, 5.41) is 9.84. The molecule has 1 fully saturated rings. The molecule has 2 rings (SSSR count). The molecule has 1 saturated heterocycles. The molecule has 0 saturated carbocycles. The molecule has 0 amide bonds. The highest BCUT2D eigenvalue weighted by Crippen LogP contribution is 2.24. The van der Waals surface area contributed by atoms with Crippen LogP contribution in [0.2, 0.25) is 0 Å². The van der Waals surface area contributed by atoms with Gasteiger partial charge in [0.05, 0.1) is 11.4 Å². The number of benzene rings is 1. The zero-order valence-corrected chi connectivity index (χ0v) is 11.9. The maximum atomic E-state index is 12.2. The van der Waals surface area contributed by atoms with E-state index in [9.17, 15) is 13.5 Å². The molecule has 0 aromatic heterocycles. The summed E-state index contributed by atoms with van der Waals surface area (Å²) in [5.74, 6) is -0.0338. The first-order valence-electron chi connectivity index (χ1n) is 6.30. The first-order chi connectivity index (χ1) is 8.82. The molecule has 19 heavy (non-hydrogen) atoms. The molecule has 0 bridgehead atoms. The van der Waals surface area contributed by atoms with Crippen LogP contribution in [0.1, 0.15) is 24.5 Å². The van der Waals surface area contributed by atoms with Crippen molar-refractivity contribution in [2.75, 3.05) is 13.1 Å². The summed E-state index contributed by atoms with van der Waals surface area (Å²) in [6.07, 6.45) is 0.484. The first-order valence-corrected chi connectivity index (χ1v) is 7.91. The number of hydrogen-bond acceptors (Lipinski definition) is 4. The minimum atomic E-state index is -3.36. The van der Waals surface area contributed by atoms with Crippen LogP contribution in [0.25, 0.3) is 0 Å². The van der Waals surface area contributed by atoms with Crippen molar-refractivity contribution in [2.45, 2.75) is 31.2 Å². The van der Waals surface area contributed by atoms with Gasteiger partial charge in [0.15, 0.2) is 0 Å². The van der Waals surface area contributed by atoms with Crippen molar-refractivity contribution < 1.29 is 13.5 Å². The Bertz CT molecular complexity index is 538. The van der Waals surface area contributed by atoms with Crippen LogP contribution in [0.3, 0.4) is 0 Å². The van der Waals surface area contributed by atoms with E-state index in [2.05, 4.69) is 0 Å². The van der Waals surface area contributed by atoms with Gasteiger partial charge >= 0.3 is 0 Å². The molecular formula is C13H20N2O3S. The summed E-state index contributed by atoms with van der Waals surface area (Å²) in [7, 11) is -3.36. The third-order valence-electron chi connectivity index (χ3n) is 3.42. The van der Waals surface area contributed by atoms with Gasteiger partial charge in [0.25, 0.3) is 0 Å². The average Bonchev–Trinajstić information content (AvgIpc) is 2.71. The maximum Gasteiger partial charge on any atom is 0.218 e. The Balaban J connectivity index is 2.08. The number of β-amino-alcohol motifs (C(OH)–C–C–N with tert-alkyl or cyclic N) is 1. The van der Waals surface area contributed by atoms with Gasteiger partial charge in [0.1, 0.15) is 0 Å². The molecular weight excluding hydrogens is 264 g/mol. The van der Waals surface area contributed by atoms with E-state index in [1.807, 2.05) is 12.1 Å². The highest BCUT2D eigenvalue weighted by Gasteiger charge is 2.37. The summed E-state index contributed by atoms with van der Waals surface area (Å²) in [4.78, 5) is 0. The largest absolute Gasteiger partial charge is 0.389 e. The molecule has 0 spiro atoms. The highest BCUT2D eigenvalue weighted by molar-refractivity contribution is 7.88. The molecule has 106 valence electrons. The number of hydrogen-bond donors (Lipinski definition) is 2. The van der Waals surface area contributed by atoms with E-state index in [0.29, 0.717) is 19.5 Å². The van der Waals surface area contributed by atoms with Gasteiger partial charge in [-0.05, 0) is 24.5 Å². The van der Waals surface area contributed by atoms with Crippen molar-refractivity contribution >= 4 is 10.0 Å². The predicted molar refractivity (Wildman–Crippen MR) is 73.8 cm³/mol. The lowest BCUT2D eigenvalue weighted by Gasteiger charge is -2.19. The smallest absolute Gasteiger partial charge is 0.218 e. The second kappa shape index (κ2) is 5.20. The van der Waals surface area contributed by atoms with Crippen molar-refractivity contribution in [3.8, 4) is 0 Å². The van der Waals surface area contributed by atoms with Crippen LogP contribution in [-0.2, 0) is 22.3 Å². The SMILES string of the molecule is CC1(O)CCN(S(=O)(=O)Cc2ccc(CN)cc2)C1. The minimum absolute atomic E-state index is 0.0338. The van der Waals surface area contributed by atoms with Crippen LogP contribution >= 0.6 is 0 Å². The van der Waals surface area contributed by atoms with Gasteiger partial charge in [-0.15, -0.1) is 0 Å². The van der Waals surface area contributed by atoms with Crippen molar-refractivity contribution in [3.63, 3.8) is 0 Å². The Morgan fingerprint density at radius 1 is 1.32 bits per heavy atom. The Labute approximate surface area is 114 Å². The van der Waals surface area contributed by atoms with Gasteiger partial charge in [-0.25, -0.2) is 8.42 Å². The average molecular weight is 284 g/mol. The summed E-state index contributed by atoms with van der Waals surface area (Å²) < 4.78 is 25.8. The summed E-state index contributed by atoms with van der Waals surface area (Å²) in [6.45, 7) is 2.67. The van der Waals surface area contributed by atoms with Gasteiger partial charge < -0.3 is 10.8 Å². The number of sulfonamides is 1. The van der Waals surface area contributed by atoms with Gasteiger partial charge in [0, 0.05) is 19.6 Å². The summed E-state index contributed by atoms with van der Waals surface area (Å²) in [6, 6.07) is 7.25. The molecule has 1 atom stereocenters. The molecule has 1 aromatic carbocycles. The van der Waals surface area contributed by atoms with Gasteiger partial charge in [-0.2, -0.15) is 4.31 Å². The fourth-order valence-corrected chi connectivity index (χ4v) is 3.86. The minimum Gasteiger partial charge on any atom is -0.389 e. The molecule has 1 aliphatic rings. The normalized spacial score (nSPS) is 24.8. The van der Waals surface area contributed by atoms with Crippen LogP contribution in [0.5, 0.6) is 0 Å². The van der Waals surface area contributed by atoms with Crippen LogP contribution in [0, 0.1) is 0 Å². The van der Waals surface area contributed by atoms with E-state index in [1.54, 1.807) is 19.1 Å². The van der Waals surface area contributed by atoms with Crippen molar-refractivity contribution in [1.29, 1.82) is 0 Å². The van der Waals surface area contributed by atoms with Crippen LogP contribution in [0.4, 0.5) is 0 Å². The molecule has 3 N–H and O–H groups in total. The van der Waals surface area contributed by atoms with E-state index in [4.69, 9.17) is 5.73 Å². The summed E-state index contributed by atoms with van der Waals surface area (Å²) in [5.41, 5.74) is 6.31. The number of rotatable bonds is 4. The fraction of sp³-hybridized carbons (Fsp3) is 0.538. The molecule has 1 heterocycles. The lowest BCUT2D eigenvalue weighted by Crippen LogP contribution is -2.34. The third kappa shape index (κ3) is 3.54. The van der Waals surface area contributed by atoms with Crippen LogP contribution < -0.4 is 5.73 Å². The van der Waals surface area contributed by atoms with Crippen LogP contribution in [0.15, 0.2) is 24.3 Å². The van der Waals surface area contributed by atoms with E-state index in [1.165, 1.54) is 4.31 Å². The second-order valence-electron chi connectivity index (χ2n) is 5.36. The van der Waals surface area contributed by atoms with E-state index in [0.717, 1.165) is 11.1 Å². The standard InChI is InChI=1S/C13H20N2O3S/c1-13(16)6-7-15(10-13)19(17,18)9-12-4-2-11(8-14)3-5-12/h2-5,16H,6-10,14H2,1H3. The molecule has 0 radical (unpaired) electrons. The number of nitrogens with zero attached hydrogens (tertiary/aromatic N) is 1. The lowest BCUT2D eigenvalue weighted by molar-refractivity contribution is 0.0762. The Hall–Kier alpha value is -0.950. The Morgan fingerprint density at radius 3 is 2.37 bits per heavy atom. The molecule has 5 nitrogen and oxygen atoms in total. The fourth-order valence-electron chi connectivity index (χ4n) is 2.21. The number of nitrogens with two attached hydrogens (primary N) is 1. The lowest BCUT2D eigenvalue weighted by atomic mass is 10.1. The Kier molecular flexibility index (Phi) is 3.96. The first kappa shape index (κ1) is 14.5. The van der Waals surface area contributed by atoms with Gasteiger partial charge in [0.2, 0.25) is 10.0 Å². The maximum absolute atomic E-state index is 12.2. The molecule has 0 aliphatic carbocycles. The van der Waals surface area contributed by atoms with Gasteiger partial charge in [-0.3, -0.25) is 0 Å². The molecule has 6 heteroatoms. The number of aliphatic hydroxyl groups is 1. The van der Waals surface area contributed by atoms with E-state index < -0.39 is 15.6 Å². The van der Waals surface area contributed by atoms with Crippen molar-refractivity contribution in [3.05, 3.63) is 35.4 Å². The highest BCUT2D eigenvalue weighted by atomic mass is 32.2. The Morgan fingerprint density at radius 2 is 1.89 bits per heavy atom. The van der Waals surface area contributed by atoms with Crippen molar-refractivity contribution in [2.24, 2.45) is 5.73 Å². The van der Waals surface area contributed by atoms with E-state index in [-0.39, 0.29) is 12.3 Å². The van der Waals surface area contributed by atoms with Crippen LogP contribution in [-0.4, -0.2) is 36.5 Å². The second-order valence-corrected chi connectivity index (χ2v) is 7.33. The molecule has 1 unspecified atom stereocenters. The van der Waals surface area contributed by atoms with E-state index >= 15 is 0 Å². The van der Waals surface area contributed by atoms with Crippen molar-refractivity contribution in [1.82, 2.24) is 4.31 Å². The quantitative estimate of drug-likeness (QED) is 0.840. The summed E-state index contributed by atoms with van der Waals surface area (Å²) >= 11 is 0. The molecule has 1 aromatic rings. The zero-order chi connectivity index (χ0) is 14.1. The predicted octanol–water partition coefficient (Wildman–Crippen LogP) is 0.432. The topological polar surface area (TPSA) is 83.6 Å². The molecule has 1 aliphatic heterocycles.